The van der Waals surface area contributed by atoms with Gasteiger partial charge in [-0.05, 0) is 46.6 Å². The fourth-order valence-corrected chi connectivity index (χ4v) is 2.71. The molecule has 0 saturated heterocycles. The Kier molecular flexibility index (Phi) is 4.53. The Balaban J connectivity index is 2.13. The van der Waals surface area contributed by atoms with E-state index >= 15 is 0 Å². The fraction of sp³-hybridized carbons (Fsp3) is 0.0952. The van der Waals surface area contributed by atoms with Gasteiger partial charge < -0.3 is 5.32 Å². The zero-order valence-corrected chi connectivity index (χ0v) is 13.5. The van der Waals surface area contributed by atoms with E-state index < -0.39 is 0 Å². The summed E-state index contributed by atoms with van der Waals surface area (Å²) in [5, 5.41) is 3.17. The molecule has 2 heteroatoms. The van der Waals surface area contributed by atoms with Crippen molar-refractivity contribution < 1.29 is 4.99 Å². The van der Waals surface area contributed by atoms with Crippen LogP contribution in [0.2, 0.25) is 0 Å². The molecule has 0 atom stereocenters. The van der Waals surface area contributed by atoms with Crippen molar-refractivity contribution in [2.24, 2.45) is 0 Å². The number of rotatable bonds is 3. The Morgan fingerprint density at radius 2 is 1.39 bits per heavy atom. The van der Waals surface area contributed by atoms with Gasteiger partial charge in [0, 0.05) is 24.9 Å². The molecular weight excluding hydrogens is 280 g/mol. The number of nitrogens with one attached hydrogen (secondary N) is 2. The average Bonchev–Trinajstić information content (AvgIpc) is 2.64. The standard InChI is InChI=1S/C21H20N2/c1-22-19-12-8-17(9-13-19)21(16-6-4-3-5-7-16)18-10-14-20(23-2)15-11-18/h3-15,22H,1-2H3/p+1. The van der Waals surface area contributed by atoms with E-state index in [1.54, 1.807) is 0 Å². The van der Waals surface area contributed by atoms with Crippen LogP contribution >= 0.6 is 0 Å². The second-order valence-electron chi connectivity index (χ2n) is 5.40. The Labute approximate surface area is 137 Å². The van der Waals surface area contributed by atoms with Crippen LogP contribution in [-0.4, -0.2) is 19.8 Å². The molecule has 3 rings (SSSR count). The van der Waals surface area contributed by atoms with Gasteiger partial charge >= 0.3 is 0 Å². The maximum Gasteiger partial charge on any atom is 0.198 e. The van der Waals surface area contributed by atoms with Crippen LogP contribution in [0.4, 0.5) is 5.69 Å². The molecule has 2 nitrogen and oxygen atoms in total. The third-order valence-corrected chi connectivity index (χ3v) is 3.99. The topological polar surface area (TPSA) is 26.0 Å². The number of allylic oxidation sites excluding steroid dienone is 5. The van der Waals surface area contributed by atoms with Gasteiger partial charge in [-0.3, -0.25) is 0 Å². The van der Waals surface area contributed by atoms with Gasteiger partial charge in [-0.15, -0.1) is 0 Å². The van der Waals surface area contributed by atoms with Crippen molar-refractivity contribution in [2.45, 2.75) is 0 Å². The third-order valence-electron chi connectivity index (χ3n) is 3.99. The smallest absolute Gasteiger partial charge is 0.198 e. The van der Waals surface area contributed by atoms with Gasteiger partial charge in [0.2, 0.25) is 0 Å². The summed E-state index contributed by atoms with van der Waals surface area (Å²) in [6, 6.07) is 19.1. The fourth-order valence-electron chi connectivity index (χ4n) is 2.71. The van der Waals surface area contributed by atoms with Gasteiger partial charge in [0.05, 0.1) is 0 Å². The van der Waals surface area contributed by atoms with Crippen LogP contribution in [0.15, 0.2) is 84.5 Å². The van der Waals surface area contributed by atoms with Gasteiger partial charge in [-0.1, -0.05) is 42.5 Å². The molecule has 0 heterocycles. The van der Waals surface area contributed by atoms with E-state index in [-0.39, 0.29) is 0 Å². The van der Waals surface area contributed by atoms with Crippen molar-refractivity contribution in [3.63, 3.8) is 0 Å². The van der Waals surface area contributed by atoms with E-state index in [0.29, 0.717) is 0 Å². The summed E-state index contributed by atoms with van der Waals surface area (Å²) in [5.74, 6) is 0. The molecule has 1 aliphatic rings. The number of anilines is 1. The van der Waals surface area contributed by atoms with Gasteiger partial charge in [-0.25, -0.2) is 4.99 Å². The maximum absolute atomic E-state index is 3.17. The van der Waals surface area contributed by atoms with Crippen LogP contribution in [0.5, 0.6) is 0 Å². The van der Waals surface area contributed by atoms with Gasteiger partial charge in [-0.2, -0.15) is 0 Å². The minimum atomic E-state index is 1.12. The van der Waals surface area contributed by atoms with Crippen LogP contribution < -0.4 is 10.3 Å². The lowest BCUT2D eigenvalue weighted by Gasteiger charge is -2.14. The lowest BCUT2D eigenvalue weighted by atomic mass is 9.91. The van der Waals surface area contributed by atoms with E-state index in [0.717, 1.165) is 11.4 Å². The summed E-state index contributed by atoms with van der Waals surface area (Å²) in [7, 11) is 3.88. The van der Waals surface area contributed by atoms with Gasteiger partial charge in [0.15, 0.2) is 5.71 Å². The quantitative estimate of drug-likeness (QED) is 0.896. The molecule has 2 aromatic rings. The van der Waals surface area contributed by atoms with Gasteiger partial charge in [0.1, 0.15) is 7.05 Å². The molecule has 0 fully saturated rings. The number of benzene rings is 2. The summed E-state index contributed by atoms with van der Waals surface area (Å²) in [6.45, 7) is 0. The first-order valence-electron chi connectivity index (χ1n) is 7.80. The predicted octanol–water partition coefficient (Wildman–Crippen LogP) is 2.81. The maximum atomic E-state index is 3.17. The summed E-state index contributed by atoms with van der Waals surface area (Å²) in [6.07, 6.45) is 8.56. The van der Waals surface area contributed by atoms with E-state index in [2.05, 4.69) is 89.2 Å². The normalized spacial score (nSPS) is 13.1. The molecular formula is C21H21N2+. The van der Waals surface area contributed by atoms with Gasteiger partial charge in [0.25, 0.3) is 0 Å². The van der Waals surface area contributed by atoms with Crippen molar-refractivity contribution >= 4 is 17.0 Å². The lowest BCUT2D eigenvalue weighted by molar-refractivity contribution is -0.417. The molecule has 0 radical (unpaired) electrons. The lowest BCUT2D eigenvalue weighted by Crippen LogP contribution is -2.67. The molecule has 2 aromatic carbocycles. The van der Waals surface area contributed by atoms with Crippen molar-refractivity contribution in [3.8, 4) is 0 Å². The molecule has 1 aliphatic carbocycles. The second-order valence-corrected chi connectivity index (χ2v) is 5.40. The third kappa shape index (κ3) is 3.32. The largest absolute Gasteiger partial charge is 0.388 e. The predicted molar refractivity (Wildman–Crippen MR) is 98.6 cm³/mol. The van der Waals surface area contributed by atoms with Crippen LogP contribution in [0, 0.1) is 0 Å². The molecule has 0 amide bonds. The molecule has 2 N–H and O–H groups in total. The SMILES string of the molecule is CNc1ccc(C(=C2C=CC(=[NH+]C)C=C2)c2ccccc2)cc1. The summed E-state index contributed by atoms with van der Waals surface area (Å²) < 4.78 is 0. The molecule has 0 aliphatic heterocycles. The molecule has 23 heavy (non-hydrogen) atoms. The zero-order valence-electron chi connectivity index (χ0n) is 13.5. The van der Waals surface area contributed by atoms with Crippen LogP contribution in [0.25, 0.3) is 5.57 Å². The number of hydrogen-bond donors (Lipinski definition) is 2. The van der Waals surface area contributed by atoms with Crippen molar-refractivity contribution in [3.05, 3.63) is 95.6 Å². The van der Waals surface area contributed by atoms with Crippen LogP contribution in [0.1, 0.15) is 11.1 Å². The van der Waals surface area contributed by atoms with E-state index in [1.807, 2.05) is 14.1 Å². The van der Waals surface area contributed by atoms with E-state index in [9.17, 15) is 0 Å². The van der Waals surface area contributed by atoms with Crippen LogP contribution in [0.3, 0.4) is 0 Å². The first kappa shape index (κ1) is 15.0. The van der Waals surface area contributed by atoms with Crippen molar-refractivity contribution in [1.82, 2.24) is 0 Å². The molecule has 114 valence electrons. The summed E-state index contributed by atoms with van der Waals surface area (Å²) in [4.78, 5) is 3.17. The zero-order chi connectivity index (χ0) is 16.1. The highest BCUT2D eigenvalue weighted by atomic mass is 14.8. The summed E-state index contributed by atoms with van der Waals surface area (Å²) in [5.41, 5.74) is 7.14. The summed E-state index contributed by atoms with van der Waals surface area (Å²) >= 11 is 0. The van der Waals surface area contributed by atoms with E-state index in [4.69, 9.17) is 0 Å². The molecule has 0 aromatic heterocycles. The first-order chi connectivity index (χ1) is 11.3. The molecule has 0 bridgehead atoms. The Morgan fingerprint density at radius 1 is 0.783 bits per heavy atom. The Bertz CT molecular complexity index is 773. The highest BCUT2D eigenvalue weighted by Crippen LogP contribution is 2.30. The van der Waals surface area contributed by atoms with Crippen molar-refractivity contribution in [1.29, 1.82) is 0 Å². The minimum Gasteiger partial charge on any atom is -0.388 e. The average molecular weight is 301 g/mol. The highest BCUT2D eigenvalue weighted by molar-refractivity contribution is 6.03. The monoisotopic (exact) mass is 301 g/mol. The number of hydrogen-bond acceptors (Lipinski definition) is 1. The molecule has 0 saturated carbocycles. The molecule has 0 unspecified atom stereocenters. The second kappa shape index (κ2) is 6.93. The first-order valence-corrected chi connectivity index (χ1v) is 7.80. The highest BCUT2D eigenvalue weighted by Gasteiger charge is 2.11. The van der Waals surface area contributed by atoms with Crippen molar-refractivity contribution in [2.75, 3.05) is 19.4 Å². The Hall–Kier alpha value is -2.87. The van der Waals surface area contributed by atoms with E-state index in [1.165, 1.54) is 22.3 Å². The molecule has 0 spiro atoms. The Morgan fingerprint density at radius 3 is 1.96 bits per heavy atom. The van der Waals surface area contributed by atoms with Crippen LogP contribution in [-0.2, 0) is 0 Å². The minimum absolute atomic E-state index is 1.12.